The van der Waals surface area contributed by atoms with E-state index >= 15 is 0 Å². The van der Waals surface area contributed by atoms with Crippen molar-refractivity contribution in [1.82, 2.24) is 10.6 Å². The Kier molecular flexibility index (Phi) is 10.9. The Labute approximate surface area is 149 Å². The van der Waals surface area contributed by atoms with Gasteiger partial charge in [-0.2, -0.15) is 0 Å². The third-order valence-electron chi connectivity index (χ3n) is 3.33. The molecule has 1 atom stereocenters. The number of amides is 1. The number of nitrogens with one attached hydrogen (secondary N) is 2. The minimum atomic E-state index is -0.194. The molecular weight excluding hydrogens is 336 g/mol. The summed E-state index contributed by atoms with van der Waals surface area (Å²) in [6, 6.07) is 3.45. The van der Waals surface area contributed by atoms with Gasteiger partial charge in [0.25, 0.3) is 0 Å². The van der Waals surface area contributed by atoms with Gasteiger partial charge in [0.15, 0.2) is 11.5 Å². The maximum Gasteiger partial charge on any atom is 0.234 e. The van der Waals surface area contributed by atoms with Crippen LogP contribution in [-0.4, -0.2) is 54.0 Å². The normalized spacial score (nSPS) is 11.2. The van der Waals surface area contributed by atoms with Crippen molar-refractivity contribution in [2.45, 2.75) is 13.0 Å². The Morgan fingerprint density at radius 1 is 1.08 bits per heavy atom. The molecule has 0 aliphatic rings. The fraction of sp³-hybridized carbons (Fsp3) is 0.562. The highest BCUT2D eigenvalue weighted by Gasteiger charge is 2.17. The van der Waals surface area contributed by atoms with E-state index in [0.29, 0.717) is 30.4 Å². The van der Waals surface area contributed by atoms with Gasteiger partial charge >= 0.3 is 0 Å². The average Bonchev–Trinajstić information content (AvgIpc) is 2.57. The number of hydrogen-bond donors (Lipinski definition) is 2. The van der Waals surface area contributed by atoms with Crippen LogP contribution >= 0.6 is 12.4 Å². The van der Waals surface area contributed by atoms with Crippen molar-refractivity contribution < 1.29 is 23.7 Å². The Balaban J connectivity index is 0.00000529. The van der Waals surface area contributed by atoms with E-state index in [9.17, 15) is 4.79 Å². The predicted molar refractivity (Wildman–Crippen MR) is 94.6 cm³/mol. The molecule has 2 N–H and O–H groups in total. The van der Waals surface area contributed by atoms with Crippen molar-refractivity contribution >= 4 is 18.3 Å². The van der Waals surface area contributed by atoms with Crippen LogP contribution in [0.15, 0.2) is 12.1 Å². The lowest BCUT2D eigenvalue weighted by Crippen LogP contribution is -2.36. The Hall–Kier alpha value is -1.70. The molecule has 0 saturated heterocycles. The van der Waals surface area contributed by atoms with Crippen molar-refractivity contribution in [2.75, 3.05) is 48.1 Å². The summed E-state index contributed by atoms with van der Waals surface area (Å²) in [4.78, 5) is 11.9. The van der Waals surface area contributed by atoms with Crippen LogP contribution in [0.3, 0.4) is 0 Å². The number of carbonyl (C=O) groups excluding carboxylic acids is 1. The summed E-state index contributed by atoms with van der Waals surface area (Å²) in [5.74, 6) is 1.54. The molecule has 0 radical (unpaired) electrons. The third kappa shape index (κ3) is 6.43. The van der Waals surface area contributed by atoms with E-state index in [-0.39, 0.29) is 30.9 Å². The van der Waals surface area contributed by atoms with E-state index in [1.807, 2.05) is 19.1 Å². The van der Waals surface area contributed by atoms with Crippen LogP contribution in [-0.2, 0) is 9.53 Å². The second kappa shape index (κ2) is 11.8. The van der Waals surface area contributed by atoms with Crippen LogP contribution in [0.2, 0.25) is 0 Å². The summed E-state index contributed by atoms with van der Waals surface area (Å²) in [6.07, 6.45) is 0. The quantitative estimate of drug-likeness (QED) is 0.615. The van der Waals surface area contributed by atoms with Gasteiger partial charge in [0.2, 0.25) is 11.7 Å². The van der Waals surface area contributed by atoms with Crippen molar-refractivity contribution in [2.24, 2.45) is 0 Å². The van der Waals surface area contributed by atoms with E-state index in [1.165, 1.54) is 0 Å². The van der Waals surface area contributed by atoms with Crippen molar-refractivity contribution in [1.29, 1.82) is 0 Å². The van der Waals surface area contributed by atoms with Gasteiger partial charge in [-0.25, -0.2) is 0 Å². The van der Waals surface area contributed by atoms with Crippen LogP contribution in [0.4, 0.5) is 0 Å². The van der Waals surface area contributed by atoms with Gasteiger partial charge in [-0.15, -0.1) is 12.4 Å². The van der Waals surface area contributed by atoms with Crippen LogP contribution in [0.1, 0.15) is 18.5 Å². The molecule has 0 fully saturated rings. The van der Waals surface area contributed by atoms with Crippen LogP contribution < -0.4 is 24.8 Å². The molecule has 1 unspecified atom stereocenters. The smallest absolute Gasteiger partial charge is 0.234 e. The Morgan fingerprint density at radius 2 is 1.67 bits per heavy atom. The summed E-state index contributed by atoms with van der Waals surface area (Å²) in [7, 11) is 6.29. The number of halogens is 1. The molecule has 138 valence electrons. The summed E-state index contributed by atoms with van der Waals surface area (Å²) in [6.45, 7) is 3.32. The molecule has 1 amide bonds. The van der Waals surface area contributed by atoms with Crippen LogP contribution in [0.5, 0.6) is 17.2 Å². The van der Waals surface area contributed by atoms with Gasteiger partial charge in [-0.3, -0.25) is 4.79 Å². The van der Waals surface area contributed by atoms with Gasteiger partial charge in [-0.1, -0.05) is 0 Å². The molecule has 7 nitrogen and oxygen atoms in total. The highest BCUT2D eigenvalue weighted by atomic mass is 35.5. The summed E-state index contributed by atoms with van der Waals surface area (Å²) in [5, 5.41) is 5.92. The first kappa shape index (κ1) is 22.3. The zero-order chi connectivity index (χ0) is 17.2. The fourth-order valence-corrected chi connectivity index (χ4v) is 2.10. The average molecular weight is 363 g/mol. The van der Waals surface area contributed by atoms with E-state index in [2.05, 4.69) is 10.6 Å². The number of benzene rings is 1. The zero-order valence-corrected chi connectivity index (χ0v) is 15.6. The summed E-state index contributed by atoms with van der Waals surface area (Å²) < 4.78 is 20.8. The lowest BCUT2D eigenvalue weighted by molar-refractivity contribution is -0.120. The number of methoxy groups -OCH3 is 4. The van der Waals surface area contributed by atoms with E-state index in [1.54, 1.807) is 28.4 Å². The van der Waals surface area contributed by atoms with Crippen molar-refractivity contribution in [3.8, 4) is 17.2 Å². The van der Waals surface area contributed by atoms with Gasteiger partial charge in [0, 0.05) is 13.7 Å². The van der Waals surface area contributed by atoms with E-state index in [0.717, 1.165) is 5.56 Å². The molecule has 1 aromatic carbocycles. The maximum atomic E-state index is 11.9. The van der Waals surface area contributed by atoms with E-state index in [4.69, 9.17) is 18.9 Å². The van der Waals surface area contributed by atoms with Crippen molar-refractivity contribution in [3.63, 3.8) is 0 Å². The first-order valence-corrected chi connectivity index (χ1v) is 7.36. The number of rotatable bonds is 10. The largest absolute Gasteiger partial charge is 0.493 e. The predicted octanol–water partition coefficient (Wildman–Crippen LogP) is 1.55. The van der Waals surface area contributed by atoms with Crippen molar-refractivity contribution in [3.05, 3.63) is 17.7 Å². The third-order valence-corrected chi connectivity index (χ3v) is 3.33. The first-order valence-electron chi connectivity index (χ1n) is 7.36. The first-order chi connectivity index (χ1) is 11.1. The molecule has 0 bridgehead atoms. The highest BCUT2D eigenvalue weighted by Crippen LogP contribution is 2.39. The number of carbonyl (C=O) groups is 1. The molecule has 0 heterocycles. The van der Waals surface area contributed by atoms with Gasteiger partial charge in [-0.05, 0) is 24.6 Å². The molecule has 24 heavy (non-hydrogen) atoms. The fourth-order valence-electron chi connectivity index (χ4n) is 2.10. The van der Waals surface area contributed by atoms with Gasteiger partial charge in [0.05, 0.1) is 40.5 Å². The Bertz CT molecular complexity index is 488. The lowest BCUT2D eigenvalue weighted by atomic mass is 10.1. The second-order valence-electron chi connectivity index (χ2n) is 4.92. The number of ether oxygens (including phenoxy) is 4. The molecule has 0 spiro atoms. The van der Waals surface area contributed by atoms with Gasteiger partial charge < -0.3 is 29.6 Å². The molecule has 8 heteroatoms. The summed E-state index contributed by atoms with van der Waals surface area (Å²) in [5.41, 5.74) is 0.866. The SMILES string of the molecule is COCCNCC(=O)NC(C)c1cc(OC)c(OC)c(OC)c1.Cl. The van der Waals surface area contributed by atoms with Crippen LogP contribution in [0, 0.1) is 0 Å². The molecule has 0 aliphatic heterocycles. The standard InChI is InChI=1S/C16H26N2O5.ClH/c1-11(18-15(19)10-17-6-7-20-2)12-8-13(21-3)16(23-5)14(9-12)22-4;/h8-9,11,17H,6-7,10H2,1-5H3,(H,18,19);1H. The van der Waals surface area contributed by atoms with E-state index < -0.39 is 0 Å². The molecular formula is C16H27ClN2O5. The Morgan fingerprint density at radius 3 is 2.12 bits per heavy atom. The topological polar surface area (TPSA) is 78.1 Å². The maximum absolute atomic E-state index is 11.9. The lowest BCUT2D eigenvalue weighted by Gasteiger charge is -2.19. The zero-order valence-electron chi connectivity index (χ0n) is 14.8. The monoisotopic (exact) mass is 362 g/mol. The van der Waals surface area contributed by atoms with Crippen LogP contribution in [0.25, 0.3) is 0 Å². The van der Waals surface area contributed by atoms with Gasteiger partial charge in [0.1, 0.15) is 0 Å². The number of hydrogen-bond acceptors (Lipinski definition) is 6. The molecule has 1 rings (SSSR count). The molecule has 0 saturated carbocycles. The minimum Gasteiger partial charge on any atom is -0.493 e. The summed E-state index contributed by atoms with van der Waals surface area (Å²) >= 11 is 0. The highest BCUT2D eigenvalue weighted by molar-refractivity contribution is 5.85. The molecule has 0 aromatic heterocycles. The molecule has 0 aliphatic carbocycles. The molecule has 1 aromatic rings. The minimum absolute atomic E-state index is 0. The second-order valence-corrected chi connectivity index (χ2v) is 4.92.